The molecule has 0 spiro atoms. The Labute approximate surface area is 203 Å². The number of benzene rings is 3. The number of rotatable bonds is 6. The van der Waals surface area contributed by atoms with Crippen LogP contribution in [0.25, 0.3) is 0 Å². The van der Waals surface area contributed by atoms with E-state index in [9.17, 15) is 9.59 Å². The number of carbonyl (C=O) groups excluding carboxylic acids is 2. The van der Waals surface area contributed by atoms with Gasteiger partial charge in [0.25, 0.3) is 11.8 Å². The van der Waals surface area contributed by atoms with Gasteiger partial charge in [-0.2, -0.15) is 0 Å². The highest BCUT2D eigenvalue weighted by molar-refractivity contribution is 9.10. The Kier molecular flexibility index (Phi) is 7.45. The molecule has 33 heavy (non-hydrogen) atoms. The zero-order valence-electron chi connectivity index (χ0n) is 18.7. The van der Waals surface area contributed by atoms with Gasteiger partial charge in [-0.25, -0.2) is 0 Å². The predicted octanol–water partition coefficient (Wildman–Crippen LogP) is 6.18. The van der Waals surface area contributed by atoms with Gasteiger partial charge in [-0.3, -0.25) is 9.59 Å². The normalized spacial score (nSPS) is 14.4. The lowest BCUT2D eigenvalue weighted by Crippen LogP contribution is -2.33. The molecular weight excluding hydrogens is 478 g/mol. The zero-order valence-corrected chi connectivity index (χ0v) is 20.3. The van der Waals surface area contributed by atoms with Gasteiger partial charge in [0, 0.05) is 34.5 Å². The van der Waals surface area contributed by atoms with Gasteiger partial charge in [-0.05, 0) is 74.2 Å². The van der Waals surface area contributed by atoms with Crippen LogP contribution < -0.4 is 15.5 Å². The van der Waals surface area contributed by atoms with Gasteiger partial charge in [-0.15, -0.1) is 0 Å². The van der Waals surface area contributed by atoms with E-state index in [0.717, 1.165) is 41.7 Å². The van der Waals surface area contributed by atoms with Crippen molar-refractivity contribution in [2.75, 3.05) is 23.3 Å². The third-order valence-corrected chi connectivity index (χ3v) is 6.48. The molecular formula is C27H28BrN3O2. The van der Waals surface area contributed by atoms with Gasteiger partial charge in [0.05, 0.1) is 11.6 Å². The van der Waals surface area contributed by atoms with E-state index < -0.39 is 0 Å². The first-order valence-electron chi connectivity index (χ1n) is 11.3. The van der Waals surface area contributed by atoms with E-state index in [4.69, 9.17) is 0 Å². The number of piperidine rings is 1. The number of anilines is 2. The first-order chi connectivity index (χ1) is 16.0. The summed E-state index contributed by atoms with van der Waals surface area (Å²) < 4.78 is 0.913. The first kappa shape index (κ1) is 23.1. The lowest BCUT2D eigenvalue weighted by Gasteiger charge is -2.31. The van der Waals surface area contributed by atoms with Gasteiger partial charge < -0.3 is 15.5 Å². The minimum Gasteiger partial charge on any atom is -0.371 e. The van der Waals surface area contributed by atoms with Crippen molar-refractivity contribution in [1.82, 2.24) is 5.32 Å². The number of hydrogen-bond donors (Lipinski definition) is 2. The number of nitrogens with zero attached hydrogens (tertiary/aromatic N) is 1. The molecule has 0 saturated carbocycles. The summed E-state index contributed by atoms with van der Waals surface area (Å²) in [6.07, 6.45) is 3.44. The smallest absolute Gasteiger partial charge is 0.255 e. The topological polar surface area (TPSA) is 61.4 Å². The van der Waals surface area contributed by atoms with E-state index in [-0.39, 0.29) is 17.9 Å². The second-order valence-electron chi connectivity index (χ2n) is 8.35. The molecule has 5 nitrogen and oxygen atoms in total. The Hall–Kier alpha value is -3.12. The third kappa shape index (κ3) is 5.82. The fourth-order valence-corrected chi connectivity index (χ4v) is 4.37. The lowest BCUT2D eigenvalue weighted by atomic mass is 10.0. The number of halogens is 1. The zero-order chi connectivity index (χ0) is 23.2. The molecule has 4 rings (SSSR count). The van der Waals surface area contributed by atoms with Gasteiger partial charge >= 0.3 is 0 Å². The molecule has 1 aliphatic rings. The molecule has 3 aromatic rings. The molecule has 0 aliphatic carbocycles. The molecule has 170 valence electrons. The number of nitrogens with one attached hydrogen (secondary N) is 2. The average molecular weight is 506 g/mol. The Morgan fingerprint density at radius 2 is 1.58 bits per heavy atom. The maximum absolute atomic E-state index is 13.4. The molecule has 1 unspecified atom stereocenters. The molecule has 1 fully saturated rings. The van der Waals surface area contributed by atoms with Crippen LogP contribution in [0.5, 0.6) is 0 Å². The van der Waals surface area contributed by atoms with Crippen LogP contribution in [-0.4, -0.2) is 24.9 Å². The highest BCUT2D eigenvalue weighted by Gasteiger charge is 2.21. The molecule has 0 aromatic heterocycles. The molecule has 2 amide bonds. The summed E-state index contributed by atoms with van der Waals surface area (Å²) in [5.74, 6) is -0.357. The number of hydrogen-bond acceptors (Lipinski definition) is 3. The molecule has 6 heteroatoms. The molecule has 0 radical (unpaired) electrons. The van der Waals surface area contributed by atoms with Gasteiger partial charge in [0.15, 0.2) is 0 Å². The molecule has 0 bridgehead atoms. The van der Waals surface area contributed by atoms with Crippen LogP contribution in [0.15, 0.2) is 77.3 Å². The summed E-state index contributed by atoms with van der Waals surface area (Å²) in [6, 6.07) is 22.6. The van der Waals surface area contributed by atoms with Gasteiger partial charge in [0.1, 0.15) is 0 Å². The van der Waals surface area contributed by atoms with Crippen LogP contribution in [0.4, 0.5) is 11.4 Å². The Morgan fingerprint density at radius 3 is 2.27 bits per heavy atom. The molecule has 1 atom stereocenters. The molecule has 1 saturated heterocycles. The highest BCUT2D eigenvalue weighted by atomic mass is 79.9. The molecule has 2 N–H and O–H groups in total. The number of amides is 2. The number of carbonyl (C=O) groups is 2. The van der Waals surface area contributed by atoms with Crippen LogP contribution in [-0.2, 0) is 0 Å². The van der Waals surface area contributed by atoms with Crippen LogP contribution in [0, 0.1) is 0 Å². The second kappa shape index (κ2) is 10.7. The quantitative estimate of drug-likeness (QED) is 0.420. The van der Waals surface area contributed by atoms with E-state index >= 15 is 0 Å². The standard InChI is InChI=1S/C27H28BrN3O2/c1-19(20-8-4-2-5-9-20)29-27(33)24-18-23(14-15-25(24)31-16-6-3-7-17-31)30-26(32)21-10-12-22(28)13-11-21/h2,4-5,8-15,18-19H,3,6-7,16-17H2,1H3,(H,29,33)(H,30,32). The van der Waals surface area contributed by atoms with Crippen molar-refractivity contribution in [2.24, 2.45) is 0 Å². The van der Waals surface area contributed by atoms with Crippen molar-refractivity contribution >= 4 is 39.1 Å². The summed E-state index contributed by atoms with van der Waals surface area (Å²) in [5.41, 5.74) is 3.69. The Bertz CT molecular complexity index is 1110. The third-order valence-electron chi connectivity index (χ3n) is 5.95. The van der Waals surface area contributed by atoms with Gasteiger partial charge in [0.2, 0.25) is 0 Å². The SMILES string of the molecule is CC(NC(=O)c1cc(NC(=O)c2ccc(Br)cc2)ccc1N1CCCCC1)c1ccccc1. The van der Waals surface area contributed by atoms with Crippen molar-refractivity contribution in [3.05, 3.63) is 94.0 Å². The van der Waals surface area contributed by atoms with Crippen molar-refractivity contribution in [3.8, 4) is 0 Å². The average Bonchev–Trinajstić information content (AvgIpc) is 2.85. The summed E-state index contributed by atoms with van der Waals surface area (Å²) in [7, 11) is 0. The largest absolute Gasteiger partial charge is 0.371 e. The van der Waals surface area contributed by atoms with Crippen LogP contribution >= 0.6 is 15.9 Å². The van der Waals surface area contributed by atoms with E-state index in [1.165, 1.54) is 6.42 Å². The van der Waals surface area contributed by atoms with Crippen molar-refractivity contribution < 1.29 is 9.59 Å². The fraction of sp³-hybridized carbons (Fsp3) is 0.259. The minimum absolute atomic E-state index is 0.131. The second-order valence-corrected chi connectivity index (χ2v) is 9.26. The van der Waals surface area contributed by atoms with Crippen molar-refractivity contribution in [2.45, 2.75) is 32.2 Å². The summed E-state index contributed by atoms with van der Waals surface area (Å²) in [6.45, 7) is 3.84. The molecule has 1 aliphatic heterocycles. The molecule has 3 aromatic carbocycles. The van der Waals surface area contributed by atoms with Crippen LogP contribution in [0.3, 0.4) is 0 Å². The van der Waals surface area contributed by atoms with E-state index in [1.807, 2.05) is 61.5 Å². The van der Waals surface area contributed by atoms with Gasteiger partial charge in [-0.1, -0.05) is 46.3 Å². The monoisotopic (exact) mass is 505 g/mol. The summed E-state index contributed by atoms with van der Waals surface area (Å²) >= 11 is 3.39. The maximum Gasteiger partial charge on any atom is 0.255 e. The fourth-order valence-electron chi connectivity index (χ4n) is 4.11. The van der Waals surface area contributed by atoms with Crippen LogP contribution in [0.1, 0.15) is 58.5 Å². The predicted molar refractivity (Wildman–Crippen MR) is 137 cm³/mol. The van der Waals surface area contributed by atoms with E-state index in [0.29, 0.717) is 16.8 Å². The first-order valence-corrected chi connectivity index (χ1v) is 12.1. The Morgan fingerprint density at radius 1 is 0.879 bits per heavy atom. The highest BCUT2D eigenvalue weighted by Crippen LogP contribution is 2.28. The van der Waals surface area contributed by atoms with Crippen LogP contribution in [0.2, 0.25) is 0 Å². The van der Waals surface area contributed by atoms with Crippen molar-refractivity contribution in [3.63, 3.8) is 0 Å². The minimum atomic E-state index is -0.211. The summed E-state index contributed by atoms with van der Waals surface area (Å²) in [5, 5.41) is 6.06. The maximum atomic E-state index is 13.4. The lowest BCUT2D eigenvalue weighted by molar-refractivity contribution is 0.0939. The Balaban J connectivity index is 1.59. The van der Waals surface area contributed by atoms with E-state index in [2.05, 4.69) is 31.5 Å². The van der Waals surface area contributed by atoms with E-state index in [1.54, 1.807) is 18.2 Å². The molecule has 1 heterocycles. The van der Waals surface area contributed by atoms with Crippen molar-refractivity contribution in [1.29, 1.82) is 0 Å². The summed E-state index contributed by atoms with van der Waals surface area (Å²) in [4.78, 5) is 28.4.